The monoisotopic (exact) mass is 418 g/mol. The summed E-state index contributed by atoms with van der Waals surface area (Å²) >= 11 is 0. The van der Waals surface area contributed by atoms with Gasteiger partial charge in [0.15, 0.2) is 0 Å². The highest BCUT2D eigenvalue weighted by molar-refractivity contribution is 7.13. The molecule has 4 amide bonds. The summed E-state index contributed by atoms with van der Waals surface area (Å²) in [5, 5.41) is 5.39. The standard InChI is InChI=1S/C18H35N4O5P/c1-6-7-16(26)22(13-23)10-8-14(24)19-17(2,3)9-11-27-18(4,5)12-15(25)20-21-28/h13,21H,6-12,28H2,1-5H3,(H,19,24)(H,20,25). The molecule has 0 spiro atoms. The van der Waals surface area contributed by atoms with Crippen molar-refractivity contribution >= 4 is 33.5 Å². The molecule has 162 valence electrons. The minimum atomic E-state index is -0.643. The first kappa shape index (κ1) is 26.4. The van der Waals surface area contributed by atoms with Crippen LogP contribution in [0, 0.1) is 0 Å². The fourth-order valence-corrected chi connectivity index (χ4v) is 2.62. The molecule has 9 nitrogen and oxygen atoms in total. The molecule has 0 aliphatic heterocycles. The van der Waals surface area contributed by atoms with E-state index < -0.39 is 11.1 Å². The number of nitrogens with one attached hydrogen (secondary N) is 3. The summed E-state index contributed by atoms with van der Waals surface area (Å²) < 4.78 is 5.79. The molecule has 0 bridgehead atoms. The van der Waals surface area contributed by atoms with Crippen LogP contribution in [0.3, 0.4) is 0 Å². The molecule has 1 atom stereocenters. The molecule has 3 N–H and O–H groups in total. The van der Waals surface area contributed by atoms with Gasteiger partial charge in [-0.3, -0.25) is 29.5 Å². The van der Waals surface area contributed by atoms with Crippen LogP contribution >= 0.6 is 9.39 Å². The molecule has 0 radical (unpaired) electrons. The van der Waals surface area contributed by atoms with Gasteiger partial charge in [-0.05, 0) is 49.9 Å². The maximum atomic E-state index is 12.2. The van der Waals surface area contributed by atoms with Crippen LogP contribution in [0.15, 0.2) is 0 Å². The van der Waals surface area contributed by atoms with E-state index in [4.69, 9.17) is 4.74 Å². The molecule has 28 heavy (non-hydrogen) atoms. The van der Waals surface area contributed by atoms with Crippen molar-refractivity contribution in [1.29, 1.82) is 0 Å². The summed E-state index contributed by atoms with van der Waals surface area (Å²) in [6.07, 6.45) is 2.17. The molecule has 0 saturated carbocycles. The summed E-state index contributed by atoms with van der Waals surface area (Å²) in [5.74, 6) is -0.711. The molecule has 0 rings (SSSR count). The second-order valence-corrected chi connectivity index (χ2v) is 8.14. The van der Waals surface area contributed by atoms with E-state index >= 15 is 0 Å². The minimum Gasteiger partial charge on any atom is -0.375 e. The van der Waals surface area contributed by atoms with Crippen LogP contribution in [-0.4, -0.2) is 53.3 Å². The predicted octanol–water partition coefficient (Wildman–Crippen LogP) is 1.04. The number of nitrogens with zero attached hydrogens (tertiary/aromatic N) is 1. The Bertz CT molecular complexity index is 540. The van der Waals surface area contributed by atoms with Crippen LogP contribution < -0.4 is 15.9 Å². The van der Waals surface area contributed by atoms with E-state index in [0.29, 0.717) is 25.9 Å². The maximum Gasteiger partial charge on any atom is 0.237 e. The molecular weight excluding hydrogens is 383 g/mol. The van der Waals surface area contributed by atoms with Gasteiger partial charge in [-0.2, -0.15) is 0 Å². The molecular formula is C18H35N4O5P. The first-order valence-corrected chi connectivity index (χ1v) is 9.98. The summed E-state index contributed by atoms with van der Waals surface area (Å²) in [4.78, 5) is 47.6. The van der Waals surface area contributed by atoms with Gasteiger partial charge in [0, 0.05) is 31.5 Å². The lowest BCUT2D eigenvalue weighted by molar-refractivity contribution is -0.138. The average molecular weight is 418 g/mol. The zero-order chi connectivity index (χ0) is 21.8. The largest absolute Gasteiger partial charge is 0.375 e. The number of imide groups is 1. The fourth-order valence-electron chi connectivity index (χ4n) is 2.46. The molecule has 0 saturated heterocycles. The van der Waals surface area contributed by atoms with Crippen LogP contribution in [-0.2, 0) is 23.9 Å². The van der Waals surface area contributed by atoms with Gasteiger partial charge >= 0.3 is 0 Å². The van der Waals surface area contributed by atoms with Gasteiger partial charge in [-0.15, -0.1) is 0 Å². The van der Waals surface area contributed by atoms with Crippen LogP contribution in [0.1, 0.15) is 66.7 Å². The van der Waals surface area contributed by atoms with Crippen LogP contribution in [0.5, 0.6) is 0 Å². The molecule has 0 heterocycles. The zero-order valence-electron chi connectivity index (χ0n) is 17.6. The Balaban J connectivity index is 4.37. The van der Waals surface area contributed by atoms with E-state index in [2.05, 4.69) is 25.3 Å². The van der Waals surface area contributed by atoms with Crippen molar-refractivity contribution in [3.63, 3.8) is 0 Å². The maximum absolute atomic E-state index is 12.2. The molecule has 1 unspecified atom stereocenters. The fraction of sp³-hybridized carbons (Fsp3) is 0.778. The third-order valence-electron chi connectivity index (χ3n) is 3.99. The molecule has 10 heteroatoms. The molecule has 0 aliphatic rings. The molecule has 0 aromatic heterocycles. The lowest BCUT2D eigenvalue weighted by Crippen LogP contribution is -2.46. The van der Waals surface area contributed by atoms with Gasteiger partial charge in [-0.25, -0.2) is 5.20 Å². The van der Waals surface area contributed by atoms with Gasteiger partial charge in [-0.1, -0.05) is 6.92 Å². The Morgan fingerprint density at radius 1 is 1.11 bits per heavy atom. The van der Waals surface area contributed by atoms with Crippen molar-refractivity contribution in [3.05, 3.63) is 0 Å². The second-order valence-electron chi connectivity index (χ2n) is 7.85. The number of hydrogen-bond acceptors (Lipinski definition) is 6. The third kappa shape index (κ3) is 12.0. The average Bonchev–Trinajstić information content (AvgIpc) is 2.54. The van der Waals surface area contributed by atoms with Crippen LogP contribution in [0.4, 0.5) is 0 Å². The summed E-state index contributed by atoms with van der Waals surface area (Å²) in [6.45, 7) is 9.65. The number of carbonyl (C=O) groups is 4. The van der Waals surface area contributed by atoms with Crippen molar-refractivity contribution in [2.24, 2.45) is 0 Å². The van der Waals surface area contributed by atoms with E-state index in [1.807, 2.05) is 34.6 Å². The Morgan fingerprint density at radius 3 is 2.29 bits per heavy atom. The number of carbonyl (C=O) groups excluding carboxylic acids is 4. The van der Waals surface area contributed by atoms with Crippen LogP contribution in [0.25, 0.3) is 0 Å². The predicted molar refractivity (Wildman–Crippen MR) is 110 cm³/mol. The number of hydrazine groups is 1. The topological polar surface area (TPSA) is 117 Å². The van der Waals surface area contributed by atoms with Gasteiger partial charge in [0.1, 0.15) is 0 Å². The van der Waals surface area contributed by atoms with Crippen molar-refractivity contribution in [1.82, 2.24) is 20.8 Å². The van der Waals surface area contributed by atoms with E-state index in [9.17, 15) is 19.2 Å². The first-order chi connectivity index (χ1) is 13.0. The Kier molecular flexibility index (Phi) is 12.1. The SMILES string of the molecule is CCCC(=O)N(C=O)CCC(=O)NC(C)(C)CCOC(C)(C)CC(=O)NNP. The second kappa shape index (κ2) is 12.8. The van der Waals surface area contributed by atoms with Gasteiger partial charge in [0.05, 0.1) is 12.0 Å². The van der Waals surface area contributed by atoms with E-state index in [1.54, 1.807) is 0 Å². The van der Waals surface area contributed by atoms with Gasteiger partial charge in [0.25, 0.3) is 0 Å². The Morgan fingerprint density at radius 2 is 1.75 bits per heavy atom. The normalized spacial score (nSPS) is 11.6. The first-order valence-electron chi connectivity index (χ1n) is 9.40. The van der Waals surface area contributed by atoms with Crippen molar-refractivity contribution < 1.29 is 23.9 Å². The summed E-state index contributed by atoms with van der Waals surface area (Å²) in [6, 6.07) is 0. The minimum absolute atomic E-state index is 0.0478. The Hall–Kier alpha value is -1.57. The number of rotatable bonds is 14. The van der Waals surface area contributed by atoms with Crippen molar-refractivity contribution in [2.45, 2.75) is 77.9 Å². The molecule has 0 aliphatic carbocycles. The van der Waals surface area contributed by atoms with Crippen molar-refractivity contribution in [3.8, 4) is 0 Å². The molecule has 0 aromatic rings. The lowest BCUT2D eigenvalue weighted by Gasteiger charge is -2.30. The molecule has 0 aromatic carbocycles. The number of hydrogen-bond donors (Lipinski definition) is 3. The van der Waals surface area contributed by atoms with Gasteiger partial charge < -0.3 is 10.1 Å². The van der Waals surface area contributed by atoms with E-state index in [0.717, 1.165) is 4.90 Å². The van der Waals surface area contributed by atoms with E-state index in [-0.39, 0.29) is 43.5 Å². The number of ether oxygens (including phenoxy) is 1. The highest BCUT2D eigenvalue weighted by Gasteiger charge is 2.26. The summed E-state index contributed by atoms with van der Waals surface area (Å²) in [5.41, 5.74) is 1.29. The quantitative estimate of drug-likeness (QED) is 0.221. The number of amides is 4. The Labute approximate surface area is 169 Å². The van der Waals surface area contributed by atoms with Crippen LogP contribution in [0.2, 0.25) is 0 Å². The lowest BCUT2D eigenvalue weighted by atomic mass is 10.00. The molecule has 0 fully saturated rings. The van der Waals surface area contributed by atoms with Crippen molar-refractivity contribution in [2.75, 3.05) is 13.2 Å². The zero-order valence-corrected chi connectivity index (χ0v) is 18.7. The van der Waals surface area contributed by atoms with E-state index in [1.165, 1.54) is 0 Å². The smallest absolute Gasteiger partial charge is 0.237 e. The third-order valence-corrected chi connectivity index (χ3v) is 4.13. The van der Waals surface area contributed by atoms with Gasteiger partial charge in [0.2, 0.25) is 24.1 Å². The highest BCUT2D eigenvalue weighted by atomic mass is 31.0. The summed E-state index contributed by atoms with van der Waals surface area (Å²) in [7, 11) is 2.19. The highest BCUT2D eigenvalue weighted by Crippen LogP contribution is 2.17.